The third-order valence-corrected chi connectivity index (χ3v) is 15.9. The van der Waals surface area contributed by atoms with E-state index in [0.717, 1.165) is 33.6 Å². The molecule has 0 unspecified atom stereocenters. The Kier molecular flexibility index (Phi) is 19.7. The third-order valence-electron chi connectivity index (χ3n) is 15.2. The van der Waals surface area contributed by atoms with Crippen molar-refractivity contribution in [3.8, 4) is 11.5 Å². The van der Waals surface area contributed by atoms with Crippen LogP contribution < -0.4 is 9.47 Å². The second kappa shape index (κ2) is 26.4. The molecule has 8 aromatic carbocycles. The van der Waals surface area contributed by atoms with Crippen LogP contribution >= 0.6 is 34.8 Å². The molecular weight excluding hydrogens is 1080 g/mol. The van der Waals surface area contributed by atoms with Crippen molar-refractivity contribution in [3.63, 3.8) is 0 Å². The molecule has 0 N–H and O–H groups in total. The Morgan fingerprint density at radius 2 is 0.659 bits per heavy atom. The van der Waals surface area contributed by atoms with E-state index in [1.54, 1.807) is 42.5 Å². The van der Waals surface area contributed by atoms with Gasteiger partial charge < -0.3 is 18.9 Å². The molecular formula is C73H75Cl3O6. The van der Waals surface area contributed by atoms with Crippen molar-refractivity contribution in [2.24, 2.45) is 0 Å². The Morgan fingerprint density at radius 3 is 1.01 bits per heavy atom. The van der Waals surface area contributed by atoms with Crippen molar-refractivity contribution in [3.05, 3.63) is 276 Å². The number of hydrogen-bond donors (Lipinski definition) is 0. The van der Waals surface area contributed by atoms with E-state index < -0.39 is 22.8 Å². The van der Waals surface area contributed by atoms with Gasteiger partial charge in [-0.2, -0.15) is 0 Å². The highest BCUT2D eigenvalue weighted by atomic mass is 35.5. The first-order valence-corrected chi connectivity index (χ1v) is 29.3. The van der Waals surface area contributed by atoms with Crippen molar-refractivity contribution in [1.82, 2.24) is 0 Å². The Hall–Kier alpha value is -7.09. The van der Waals surface area contributed by atoms with Crippen LogP contribution in [0.15, 0.2) is 200 Å². The van der Waals surface area contributed by atoms with Gasteiger partial charge in [-0.1, -0.05) is 231 Å². The fourth-order valence-corrected chi connectivity index (χ4v) is 10.9. The second-order valence-corrected chi connectivity index (χ2v) is 25.4. The van der Waals surface area contributed by atoms with Crippen molar-refractivity contribution in [2.75, 3.05) is 26.4 Å². The molecule has 8 rings (SSSR count). The topological polar surface area (TPSA) is 71.1 Å². The van der Waals surface area contributed by atoms with E-state index in [9.17, 15) is 9.59 Å². The van der Waals surface area contributed by atoms with Crippen LogP contribution in [0.2, 0.25) is 15.1 Å². The monoisotopic (exact) mass is 1150 g/mol. The van der Waals surface area contributed by atoms with Crippen LogP contribution in [0.3, 0.4) is 0 Å². The van der Waals surface area contributed by atoms with Gasteiger partial charge in [0.2, 0.25) is 0 Å². The average molecular weight is 1150 g/mol. The van der Waals surface area contributed by atoms with Crippen LogP contribution in [0.4, 0.5) is 0 Å². The zero-order valence-corrected chi connectivity index (χ0v) is 50.9. The largest absolute Gasteiger partial charge is 0.493 e. The first kappa shape index (κ1) is 61.0. The summed E-state index contributed by atoms with van der Waals surface area (Å²) in [6.45, 7) is 21.4. The van der Waals surface area contributed by atoms with Crippen molar-refractivity contribution in [2.45, 2.75) is 109 Å². The standard InChI is InChI=1S/C73H75Cl3O6/c1-69(2,3)52-15-21-58(22-16-52)73(59-23-17-53(18-24-59)70(4,5)6,60-25-19-54(20-26-60)71(7,8)9)61-33-43-66(44-34-61)80-47-10-46-79-65-41-12-51(13-42-65)14-45-67(77)81-48-11-49-82-68(78)50-72(55-27-35-62(74)36-28-55,56-29-37-63(75)38-30-56)57-31-39-64(76)40-32-57/h12-45H,10-11,46-50H2,1-9H3/b45-14+. The number of hydrogen-bond acceptors (Lipinski definition) is 6. The van der Waals surface area contributed by atoms with Crippen molar-refractivity contribution < 1.29 is 28.5 Å². The summed E-state index contributed by atoms with van der Waals surface area (Å²) in [5.41, 5.74) is 10.5. The first-order valence-electron chi connectivity index (χ1n) is 28.1. The lowest BCUT2D eigenvalue weighted by atomic mass is 9.64. The van der Waals surface area contributed by atoms with Crippen molar-refractivity contribution in [1.29, 1.82) is 0 Å². The molecule has 0 heterocycles. The molecule has 0 saturated carbocycles. The lowest BCUT2D eigenvalue weighted by molar-refractivity contribution is -0.145. The van der Waals surface area contributed by atoms with Gasteiger partial charge in [0.05, 0.1) is 43.7 Å². The minimum Gasteiger partial charge on any atom is -0.493 e. The summed E-state index contributed by atoms with van der Waals surface area (Å²) in [7, 11) is 0. The van der Waals surface area contributed by atoms with E-state index in [4.69, 9.17) is 53.8 Å². The molecule has 0 bridgehead atoms. The molecule has 0 saturated heterocycles. The molecule has 8 aromatic rings. The molecule has 0 atom stereocenters. The lowest BCUT2D eigenvalue weighted by Gasteiger charge is -2.38. The second-order valence-electron chi connectivity index (χ2n) is 24.1. The molecule has 424 valence electrons. The van der Waals surface area contributed by atoms with E-state index in [1.165, 1.54) is 39.5 Å². The summed E-state index contributed by atoms with van der Waals surface area (Å²) in [5.74, 6) is 0.569. The zero-order chi connectivity index (χ0) is 58.7. The van der Waals surface area contributed by atoms with Crippen LogP contribution in [0.1, 0.15) is 143 Å². The van der Waals surface area contributed by atoms with E-state index >= 15 is 0 Å². The number of rotatable bonds is 21. The molecule has 0 aromatic heterocycles. The van der Waals surface area contributed by atoms with Crippen molar-refractivity contribution >= 4 is 52.8 Å². The predicted octanol–water partition coefficient (Wildman–Crippen LogP) is 18.7. The third kappa shape index (κ3) is 14.9. The maximum Gasteiger partial charge on any atom is 0.330 e. The van der Waals surface area contributed by atoms with E-state index in [0.29, 0.717) is 46.9 Å². The van der Waals surface area contributed by atoms with E-state index in [2.05, 4.69) is 159 Å². The quantitative estimate of drug-likeness (QED) is 0.0309. The van der Waals surface area contributed by atoms with Gasteiger partial charge in [0.15, 0.2) is 0 Å². The predicted molar refractivity (Wildman–Crippen MR) is 337 cm³/mol. The summed E-state index contributed by atoms with van der Waals surface area (Å²) < 4.78 is 23.6. The average Bonchev–Trinajstić information content (AvgIpc) is 3.60. The van der Waals surface area contributed by atoms with E-state index in [1.807, 2.05) is 60.7 Å². The maximum absolute atomic E-state index is 13.7. The van der Waals surface area contributed by atoms with Gasteiger partial charge in [-0.15, -0.1) is 0 Å². The molecule has 9 heteroatoms. The maximum atomic E-state index is 13.7. The fourth-order valence-electron chi connectivity index (χ4n) is 10.5. The number of ether oxygens (including phenoxy) is 4. The Bertz CT molecular complexity index is 3130. The van der Waals surface area contributed by atoms with Gasteiger partial charge >= 0.3 is 11.9 Å². The highest BCUT2D eigenvalue weighted by Gasteiger charge is 2.41. The smallest absolute Gasteiger partial charge is 0.330 e. The van der Waals surface area contributed by atoms with Crippen LogP contribution in [0.25, 0.3) is 6.08 Å². The number of halogens is 3. The Morgan fingerprint density at radius 1 is 0.366 bits per heavy atom. The van der Waals surface area contributed by atoms with Crippen LogP contribution in [-0.2, 0) is 46.1 Å². The molecule has 0 spiro atoms. The first-order chi connectivity index (χ1) is 39.0. The van der Waals surface area contributed by atoms with Gasteiger partial charge in [-0.05, 0) is 144 Å². The summed E-state index contributed by atoms with van der Waals surface area (Å²) in [4.78, 5) is 26.4. The summed E-state index contributed by atoms with van der Waals surface area (Å²) in [6.07, 6.45) is 4.04. The molecule has 82 heavy (non-hydrogen) atoms. The summed E-state index contributed by atoms with van der Waals surface area (Å²) in [5, 5.41) is 1.71. The molecule has 0 aliphatic heterocycles. The summed E-state index contributed by atoms with van der Waals surface area (Å²) in [6, 6.07) is 66.0. The fraction of sp³-hybridized carbons (Fsp3) is 0.288. The molecule has 6 nitrogen and oxygen atoms in total. The Balaban J connectivity index is 0.839. The number of benzene rings is 8. The van der Waals surface area contributed by atoms with Crippen LogP contribution in [0.5, 0.6) is 11.5 Å². The molecule has 0 aliphatic carbocycles. The number of carbonyl (C=O) groups excluding carboxylic acids is 2. The van der Waals surface area contributed by atoms with Gasteiger partial charge in [-0.3, -0.25) is 4.79 Å². The molecule has 0 amide bonds. The molecule has 0 fully saturated rings. The minimum absolute atomic E-state index is 0.0160. The van der Waals surface area contributed by atoms with Crippen LogP contribution in [0, 0.1) is 0 Å². The SMILES string of the molecule is CC(C)(C)c1ccc(C(c2ccc(OCCCOc3ccc(/C=C/C(=O)OCCCOC(=O)CC(c4ccc(Cl)cc4)(c4ccc(Cl)cc4)c4ccc(Cl)cc4)cc3)cc2)(c2ccc(C(C)(C)C)cc2)c2ccc(C(C)(C)C)cc2)cc1. The molecule has 0 radical (unpaired) electrons. The van der Waals surface area contributed by atoms with Crippen LogP contribution in [-0.4, -0.2) is 38.4 Å². The lowest BCUT2D eigenvalue weighted by Crippen LogP contribution is -2.33. The zero-order valence-electron chi connectivity index (χ0n) is 48.7. The highest BCUT2D eigenvalue weighted by molar-refractivity contribution is 6.31. The van der Waals surface area contributed by atoms with Gasteiger partial charge in [0, 0.05) is 34.0 Å². The highest BCUT2D eigenvalue weighted by Crippen LogP contribution is 2.48. The number of carbonyl (C=O) groups is 2. The van der Waals surface area contributed by atoms with E-state index in [-0.39, 0.29) is 35.9 Å². The normalized spacial score (nSPS) is 12.3. The van der Waals surface area contributed by atoms with Gasteiger partial charge in [-0.25, -0.2) is 4.79 Å². The Labute approximate surface area is 501 Å². The summed E-state index contributed by atoms with van der Waals surface area (Å²) >= 11 is 18.9. The minimum atomic E-state index is -0.942. The number of esters is 2. The molecule has 0 aliphatic rings. The van der Waals surface area contributed by atoms with Gasteiger partial charge in [0.1, 0.15) is 11.5 Å². The van der Waals surface area contributed by atoms with Gasteiger partial charge in [0.25, 0.3) is 0 Å².